The van der Waals surface area contributed by atoms with E-state index in [0.29, 0.717) is 24.4 Å². The molecule has 17 heavy (non-hydrogen) atoms. The highest BCUT2D eigenvalue weighted by molar-refractivity contribution is 5.92. The van der Waals surface area contributed by atoms with Crippen LogP contribution in [-0.2, 0) is 4.79 Å². The number of hydrogen-bond donors (Lipinski definition) is 2. The average molecular weight is 240 g/mol. The largest absolute Gasteiger partial charge is 0.497 e. The van der Waals surface area contributed by atoms with Crippen LogP contribution in [0.1, 0.15) is 6.42 Å². The highest BCUT2D eigenvalue weighted by atomic mass is 19.1. The first kappa shape index (κ1) is 13.4. The van der Waals surface area contributed by atoms with Crippen molar-refractivity contribution in [1.82, 2.24) is 5.32 Å². The lowest BCUT2D eigenvalue weighted by molar-refractivity contribution is -0.115. The van der Waals surface area contributed by atoms with Crippen LogP contribution in [0.25, 0.3) is 0 Å². The number of methoxy groups -OCH3 is 1. The summed E-state index contributed by atoms with van der Waals surface area (Å²) in [5, 5.41) is 5.57. The minimum absolute atomic E-state index is 0.155. The molecule has 1 rings (SSSR count). The van der Waals surface area contributed by atoms with Crippen molar-refractivity contribution < 1.29 is 13.9 Å². The van der Waals surface area contributed by atoms with Gasteiger partial charge in [0.2, 0.25) is 5.91 Å². The Balaban J connectivity index is 2.34. The summed E-state index contributed by atoms with van der Waals surface area (Å²) in [6, 6.07) is 7.11. The van der Waals surface area contributed by atoms with Crippen LogP contribution >= 0.6 is 0 Å². The van der Waals surface area contributed by atoms with Crippen molar-refractivity contribution in [3.8, 4) is 5.75 Å². The zero-order valence-electron chi connectivity index (χ0n) is 9.83. The van der Waals surface area contributed by atoms with Gasteiger partial charge in [-0.1, -0.05) is 6.07 Å². The molecule has 0 bridgehead atoms. The summed E-state index contributed by atoms with van der Waals surface area (Å²) in [5.74, 6) is 0.533. The van der Waals surface area contributed by atoms with Gasteiger partial charge in [0.15, 0.2) is 0 Å². The Morgan fingerprint density at radius 2 is 2.29 bits per heavy atom. The topological polar surface area (TPSA) is 50.4 Å². The molecule has 0 aliphatic carbocycles. The van der Waals surface area contributed by atoms with Gasteiger partial charge < -0.3 is 15.4 Å². The highest BCUT2D eigenvalue weighted by Gasteiger charge is 2.02. The molecule has 94 valence electrons. The lowest BCUT2D eigenvalue weighted by atomic mass is 10.3. The molecule has 0 aliphatic rings. The summed E-state index contributed by atoms with van der Waals surface area (Å²) in [4.78, 5) is 11.5. The van der Waals surface area contributed by atoms with Gasteiger partial charge in [-0.2, -0.15) is 0 Å². The van der Waals surface area contributed by atoms with E-state index in [2.05, 4.69) is 10.6 Å². The number of benzene rings is 1. The van der Waals surface area contributed by atoms with Crippen LogP contribution in [0.15, 0.2) is 24.3 Å². The quantitative estimate of drug-likeness (QED) is 0.711. The number of hydrogen-bond acceptors (Lipinski definition) is 3. The summed E-state index contributed by atoms with van der Waals surface area (Å²) in [6.45, 7) is 0.309. The molecule has 1 aromatic carbocycles. The fraction of sp³-hybridized carbons (Fsp3) is 0.417. The first-order chi connectivity index (χ1) is 8.26. The summed E-state index contributed by atoms with van der Waals surface area (Å²) >= 11 is 0. The van der Waals surface area contributed by atoms with Gasteiger partial charge >= 0.3 is 0 Å². The third kappa shape index (κ3) is 5.31. The zero-order valence-corrected chi connectivity index (χ0v) is 9.83. The van der Waals surface area contributed by atoms with E-state index in [0.717, 1.165) is 0 Å². The molecule has 0 spiro atoms. The van der Waals surface area contributed by atoms with Gasteiger partial charge in [-0.3, -0.25) is 9.18 Å². The predicted octanol–water partition coefficient (Wildman–Crippen LogP) is 1.58. The Hall–Kier alpha value is -1.62. The van der Waals surface area contributed by atoms with Crippen LogP contribution in [0.2, 0.25) is 0 Å². The number of alkyl halides is 1. The second kappa shape index (κ2) is 7.62. The molecule has 0 fully saturated rings. The molecule has 1 amide bonds. The molecule has 0 atom stereocenters. The van der Waals surface area contributed by atoms with E-state index in [1.807, 2.05) is 0 Å². The van der Waals surface area contributed by atoms with Crippen molar-refractivity contribution in [1.29, 1.82) is 0 Å². The molecular formula is C12H17FN2O2. The van der Waals surface area contributed by atoms with Crippen LogP contribution in [0.4, 0.5) is 10.1 Å². The zero-order chi connectivity index (χ0) is 12.5. The number of carbonyl (C=O) groups excluding carboxylic acids is 1. The number of anilines is 1. The molecule has 0 radical (unpaired) electrons. The number of carbonyl (C=O) groups is 1. The van der Waals surface area contributed by atoms with Crippen molar-refractivity contribution >= 4 is 11.6 Å². The molecule has 0 heterocycles. The molecular weight excluding hydrogens is 223 g/mol. The third-order valence-electron chi connectivity index (χ3n) is 2.13. The average Bonchev–Trinajstić information content (AvgIpc) is 2.35. The van der Waals surface area contributed by atoms with Crippen molar-refractivity contribution in [2.45, 2.75) is 6.42 Å². The predicted molar refractivity (Wildman–Crippen MR) is 65.1 cm³/mol. The number of ether oxygens (including phenoxy) is 1. The molecule has 0 aromatic heterocycles. The Morgan fingerprint density at radius 1 is 1.47 bits per heavy atom. The van der Waals surface area contributed by atoms with Crippen molar-refractivity contribution in [2.24, 2.45) is 0 Å². The molecule has 0 saturated heterocycles. The van der Waals surface area contributed by atoms with Gasteiger partial charge in [0.05, 0.1) is 20.3 Å². The van der Waals surface area contributed by atoms with Crippen LogP contribution in [-0.4, -0.2) is 32.8 Å². The SMILES string of the molecule is COc1cccc(NC(=O)CNCCCF)c1. The standard InChI is InChI=1S/C12H17FN2O2/c1-17-11-5-2-4-10(8-11)15-12(16)9-14-7-3-6-13/h2,4-5,8,14H,3,6-7,9H2,1H3,(H,15,16). The maximum Gasteiger partial charge on any atom is 0.238 e. The first-order valence-electron chi connectivity index (χ1n) is 5.47. The maximum absolute atomic E-state index is 11.8. The summed E-state index contributed by atoms with van der Waals surface area (Å²) < 4.78 is 16.8. The van der Waals surface area contributed by atoms with Gasteiger partial charge in [0.1, 0.15) is 5.75 Å². The fourth-order valence-electron chi connectivity index (χ4n) is 1.30. The molecule has 0 aliphatic heterocycles. The Bertz CT molecular complexity index is 358. The Kier molecular flexibility index (Phi) is 6.03. The van der Waals surface area contributed by atoms with E-state index >= 15 is 0 Å². The third-order valence-corrected chi connectivity index (χ3v) is 2.13. The summed E-state index contributed by atoms with van der Waals surface area (Å²) in [7, 11) is 1.57. The number of amides is 1. The minimum Gasteiger partial charge on any atom is -0.497 e. The Labute approximate surface area is 100 Å². The van der Waals surface area contributed by atoms with Crippen LogP contribution in [0.5, 0.6) is 5.75 Å². The van der Waals surface area contributed by atoms with Crippen LogP contribution in [0, 0.1) is 0 Å². The van der Waals surface area contributed by atoms with Crippen molar-refractivity contribution in [3.05, 3.63) is 24.3 Å². The first-order valence-corrected chi connectivity index (χ1v) is 5.47. The summed E-state index contributed by atoms with van der Waals surface area (Å²) in [5.41, 5.74) is 0.682. The van der Waals surface area contributed by atoms with Crippen LogP contribution in [0.3, 0.4) is 0 Å². The lowest BCUT2D eigenvalue weighted by Crippen LogP contribution is -2.28. The minimum atomic E-state index is -0.371. The number of rotatable bonds is 7. The van der Waals surface area contributed by atoms with E-state index in [1.165, 1.54) is 0 Å². The van der Waals surface area contributed by atoms with Gasteiger partial charge in [0, 0.05) is 11.8 Å². The highest BCUT2D eigenvalue weighted by Crippen LogP contribution is 2.16. The lowest BCUT2D eigenvalue weighted by Gasteiger charge is -2.07. The second-order valence-electron chi connectivity index (χ2n) is 3.50. The van der Waals surface area contributed by atoms with E-state index in [4.69, 9.17) is 4.74 Å². The smallest absolute Gasteiger partial charge is 0.238 e. The van der Waals surface area contributed by atoms with E-state index in [1.54, 1.807) is 31.4 Å². The van der Waals surface area contributed by atoms with Crippen LogP contribution < -0.4 is 15.4 Å². The van der Waals surface area contributed by atoms with E-state index in [-0.39, 0.29) is 19.1 Å². The molecule has 4 nitrogen and oxygen atoms in total. The summed E-state index contributed by atoms with van der Waals surface area (Å²) in [6.07, 6.45) is 0.423. The van der Waals surface area contributed by atoms with E-state index < -0.39 is 0 Å². The fourth-order valence-corrected chi connectivity index (χ4v) is 1.30. The number of halogens is 1. The molecule has 0 saturated carbocycles. The molecule has 0 unspecified atom stereocenters. The van der Waals surface area contributed by atoms with Gasteiger partial charge in [-0.05, 0) is 25.1 Å². The van der Waals surface area contributed by atoms with Crippen molar-refractivity contribution in [2.75, 3.05) is 32.2 Å². The Morgan fingerprint density at radius 3 is 3.00 bits per heavy atom. The number of nitrogens with one attached hydrogen (secondary N) is 2. The molecule has 5 heteroatoms. The monoisotopic (exact) mass is 240 g/mol. The van der Waals surface area contributed by atoms with E-state index in [9.17, 15) is 9.18 Å². The molecule has 1 aromatic rings. The van der Waals surface area contributed by atoms with Gasteiger partial charge in [-0.15, -0.1) is 0 Å². The maximum atomic E-state index is 11.8. The molecule has 2 N–H and O–H groups in total. The second-order valence-corrected chi connectivity index (χ2v) is 3.50. The normalized spacial score (nSPS) is 10.0. The van der Waals surface area contributed by atoms with Crippen molar-refractivity contribution in [3.63, 3.8) is 0 Å². The van der Waals surface area contributed by atoms with Gasteiger partial charge in [-0.25, -0.2) is 0 Å². The van der Waals surface area contributed by atoms with Gasteiger partial charge in [0.25, 0.3) is 0 Å².